The van der Waals surface area contributed by atoms with E-state index < -0.39 is 24.3 Å². The minimum Gasteiger partial charge on any atom is -0.426 e. The lowest BCUT2D eigenvalue weighted by molar-refractivity contribution is -0.129. The Bertz CT molecular complexity index is 414. The number of benzene rings is 1. The van der Waals surface area contributed by atoms with Gasteiger partial charge >= 0.3 is 7.12 Å². The van der Waals surface area contributed by atoms with Gasteiger partial charge in [-0.05, 0) is 17.7 Å². The van der Waals surface area contributed by atoms with Crippen LogP contribution in [0.2, 0.25) is 0 Å². The van der Waals surface area contributed by atoms with E-state index in [0.717, 1.165) is 0 Å². The Kier molecular flexibility index (Phi) is 4.48. The van der Waals surface area contributed by atoms with Crippen molar-refractivity contribution in [1.29, 1.82) is 0 Å². The number of amides is 1. The van der Waals surface area contributed by atoms with Crippen molar-refractivity contribution < 1.29 is 19.2 Å². The van der Waals surface area contributed by atoms with E-state index in [0.29, 0.717) is 5.56 Å². The summed E-state index contributed by atoms with van der Waals surface area (Å²) in [7, 11) is -1.75. The van der Waals surface area contributed by atoms with Crippen LogP contribution in [0.1, 0.15) is 32.3 Å². The van der Waals surface area contributed by atoms with Gasteiger partial charge in [-0.1, -0.05) is 32.9 Å². The molecule has 0 saturated heterocycles. The van der Waals surface area contributed by atoms with E-state index in [4.69, 9.17) is 0 Å². The molecule has 3 N–H and O–H groups in total. The van der Waals surface area contributed by atoms with Gasteiger partial charge in [0.15, 0.2) is 0 Å². The van der Waals surface area contributed by atoms with Gasteiger partial charge in [-0.2, -0.15) is 0 Å². The number of nitrogens with one attached hydrogen (secondary N) is 1. The molecule has 0 radical (unpaired) electrons. The first kappa shape index (κ1) is 14.7. The molecule has 1 atom stereocenters. The molecule has 0 aromatic heterocycles. The average molecular weight is 253 g/mol. The number of rotatable bonds is 3. The first-order chi connectivity index (χ1) is 8.21. The molecule has 1 amide bonds. The summed E-state index contributed by atoms with van der Waals surface area (Å²) in [4.78, 5) is 11.8. The van der Waals surface area contributed by atoms with E-state index in [-0.39, 0.29) is 5.91 Å². The van der Waals surface area contributed by atoms with E-state index in [2.05, 4.69) is 5.32 Å². The predicted octanol–water partition coefficient (Wildman–Crippen LogP) is 1.04. The Morgan fingerprint density at radius 2 is 1.78 bits per heavy atom. The molecule has 0 unspecified atom stereocenters. The molecule has 98 valence electrons. The molecule has 1 aromatic carbocycles. The maximum absolute atomic E-state index is 12.8. The van der Waals surface area contributed by atoms with E-state index in [1.54, 1.807) is 20.8 Å². The quantitative estimate of drug-likeness (QED) is 0.705. The monoisotopic (exact) mass is 253 g/mol. The molecule has 4 nitrogen and oxygen atoms in total. The number of halogens is 1. The highest BCUT2D eigenvalue weighted by Crippen LogP contribution is 2.19. The highest BCUT2D eigenvalue weighted by molar-refractivity contribution is 6.43. The molecule has 0 spiro atoms. The van der Waals surface area contributed by atoms with Gasteiger partial charge in [-0.3, -0.25) is 4.79 Å². The number of carbonyl (C=O) groups is 1. The lowest BCUT2D eigenvalue weighted by Crippen LogP contribution is -2.44. The van der Waals surface area contributed by atoms with E-state index >= 15 is 0 Å². The molecule has 0 aliphatic heterocycles. The van der Waals surface area contributed by atoms with Gasteiger partial charge in [-0.15, -0.1) is 0 Å². The second kappa shape index (κ2) is 5.50. The maximum atomic E-state index is 12.8. The zero-order valence-electron chi connectivity index (χ0n) is 10.6. The molecule has 1 rings (SSSR count). The van der Waals surface area contributed by atoms with Crippen LogP contribution >= 0.6 is 0 Å². The van der Waals surface area contributed by atoms with Crippen LogP contribution in [0.3, 0.4) is 0 Å². The Labute approximate surface area is 106 Å². The fourth-order valence-corrected chi connectivity index (χ4v) is 1.36. The van der Waals surface area contributed by atoms with E-state index in [1.165, 1.54) is 24.3 Å². The molecule has 0 heterocycles. The van der Waals surface area contributed by atoms with Crippen molar-refractivity contribution in [2.24, 2.45) is 5.41 Å². The average Bonchev–Trinajstić information content (AvgIpc) is 2.25. The SMILES string of the molecule is CC(C)(C)C(=O)N[C@H](B(O)O)c1ccc(F)cc1. The Balaban J connectivity index is 2.91. The normalized spacial score (nSPS) is 13.0. The van der Waals surface area contributed by atoms with Gasteiger partial charge < -0.3 is 15.4 Å². The summed E-state index contributed by atoms with van der Waals surface area (Å²) in [6.07, 6.45) is 0. The summed E-state index contributed by atoms with van der Waals surface area (Å²) in [6, 6.07) is 5.21. The smallest absolute Gasteiger partial charge is 0.426 e. The third-order valence-corrected chi connectivity index (χ3v) is 2.50. The number of hydrogen-bond acceptors (Lipinski definition) is 3. The molecule has 0 aliphatic rings. The van der Waals surface area contributed by atoms with Crippen LogP contribution in [0.4, 0.5) is 4.39 Å². The van der Waals surface area contributed by atoms with Gasteiger partial charge in [0, 0.05) is 5.41 Å². The minimum atomic E-state index is -1.75. The summed E-state index contributed by atoms with van der Waals surface area (Å²) in [5.41, 5.74) is -0.211. The van der Waals surface area contributed by atoms with E-state index in [9.17, 15) is 19.2 Å². The van der Waals surface area contributed by atoms with Crippen molar-refractivity contribution >= 4 is 13.0 Å². The summed E-state index contributed by atoms with van der Waals surface area (Å²) < 4.78 is 12.8. The largest absolute Gasteiger partial charge is 0.480 e. The third-order valence-electron chi connectivity index (χ3n) is 2.50. The Hall–Kier alpha value is -1.40. The molecule has 0 bridgehead atoms. The molecule has 0 fully saturated rings. The van der Waals surface area contributed by atoms with Crippen LogP contribution in [0.25, 0.3) is 0 Å². The van der Waals surface area contributed by atoms with Crippen LogP contribution in [0, 0.1) is 11.2 Å². The predicted molar refractivity (Wildman–Crippen MR) is 66.9 cm³/mol. The van der Waals surface area contributed by atoms with Crippen LogP contribution in [0.15, 0.2) is 24.3 Å². The van der Waals surface area contributed by atoms with Crippen molar-refractivity contribution in [3.8, 4) is 0 Å². The fourth-order valence-electron chi connectivity index (χ4n) is 1.36. The van der Waals surface area contributed by atoms with Crippen LogP contribution in [0.5, 0.6) is 0 Å². The summed E-state index contributed by atoms with van der Waals surface area (Å²) in [5, 5.41) is 21.1. The molecule has 1 aromatic rings. The molecule has 0 aliphatic carbocycles. The Morgan fingerprint density at radius 1 is 1.28 bits per heavy atom. The lowest BCUT2D eigenvalue weighted by atomic mass is 9.74. The summed E-state index contributed by atoms with van der Waals surface area (Å²) >= 11 is 0. The van der Waals surface area contributed by atoms with Gasteiger partial charge in [0.2, 0.25) is 5.91 Å². The van der Waals surface area contributed by atoms with Crippen LogP contribution in [-0.2, 0) is 4.79 Å². The van der Waals surface area contributed by atoms with Crippen molar-refractivity contribution in [2.45, 2.75) is 26.7 Å². The highest BCUT2D eigenvalue weighted by atomic mass is 19.1. The number of carbonyl (C=O) groups excluding carboxylic acids is 1. The van der Waals surface area contributed by atoms with Crippen molar-refractivity contribution in [2.75, 3.05) is 0 Å². The molecule has 6 heteroatoms. The number of hydrogen-bond donors (Lipinski definition) is 3. The van der Waals surface area contributed by atoms with Crippen LogP contribution < -0.4 is 5.32 Å². The molecular formula is C12H17BFNO3. The second-order valence-corrected chi connectivity index (χ2v) is 5.17. The minimum absolute atomic E-state index is 0.315. The lowest BCUT2D eigenvalue weighted by Gasteiger charge is -2.24. The zero-order valence-corrected chi connectivity index (χ0v) is 10.6. The first-order valence-corrected chi connectivity index (χ1v) is 5.64. The fraction of sp³-hybridized carbons (Fsp3) is 0.417. The van der Waals surface area contributed by atoms with Crippen molar-refractivity contribution in [3.05, 3.63) is 35.6 Å². The van der Waals surface area contributed by atoms with Gasteiger partial charge in [-0.25, -0.2) is 4.39 Å². The standard InChI is InChI=1S/C12H17BFNO3/c1-12(2,3)11(16)15-10(13(17)18)8-4-6-9(14)7-5-8/h4-7,10,17-18H,1-3H3,(H,15,16)/t10-/m0/s1. The second-order valence-electron chi connectivity index (χ2n) is 5.17. The topological polar surface area (TPSA) is 69.6 Å². The van der Waals surface area contributed by atoms with E-state index in [1.807, 2.05) is 0 Å². The molecule has 0 saturated carbocycles. The summed E-state index contributed by atoms with van der Waals surface area (Å²) in [6.45, 7) is 5.15. The Morgan fingerprint density at radius 3 is 2.17 bits per heavy atom. The first-order valence-electron chi connectivity index (χ1n) is 5.64. The van der Waals surface area contributed by atoms with Crippen LogP contribution in [-0.4, -0.2) is 23.1 Å². The van der Waals surface area contributed by atoms with Gasteiger partial charge in [0.1, 0.15) is 5.82 Å². The third kappa shape index (κ3) is 3.82. The highest BCUT2D eigenvalue weighted by Gasteiger charge is 2.31. The van der Waals surface area contributed by atoms with Gasteiger partial charge in [0.05, 0.1) is 5.94 Å². The van der Waals surface area contributed by atoms with Crippen molar-refractivity contribution in [1.82, 2.24) is 5.32 Å². The van der Waals surface area contributed by atoms with Gasteiger partial charge in [0.25, 0.3) is 0 Å². The molecule has 18 heavy (non-hydrogen) atoms. The summed E-state index contributed by atoms with van der Waals surface area (Å²) in [5.74, 6) is -1.71. The van der Waals surface area contributed by atoms with Crippen molar-refractivity contribution in [3.63, 3.8) is 0 Å². The molecular weight excluding hydrogens is 236 g/mol. The zero-order chi connectivity index (χ0) is 13.9. The maximum Gasteiger partial charge on any atom is 0.480 e.